The number of sulfonamides is 1. The van der Waals surface area contributed by atoms with Gasteiger partial charge in [0, 0.05) is 36.7 Å². The Kier molecular flexibility index (Phi) is 6.35. The topological polar surface area (TPSA) is 69.7 Å². The molecule has 1 saturated heterocycles. The molecule has 0 radical (unpaired) electrons. The maximum absolute atomic E-state index is 13.2. The van der Waals surface area contributed by atoms with Gasteiger partial charge in [0.05, 0.1) is 11.4 Å². The number of hydrogen-bond acceptors (Lipinski definition) is 4. The molecule has 1 aliphatic rings. The molecule has 9 heteroatoms. The number of hydrogen-bond donors (Lipinski definition) is 1. The van der Waals surface area contributed by atoms with Crippen LogP contribution in [0.5, 0.6) is 0 Å². The average Bonchev–Trinajstić information content (AvgIpc) is 2.46. The molecule has 0 atom stereocenters. The average molecular weight is 422 g/mol. The number of carbonyl (C=O) groups excluding carboxylic acids is 1. The second kappa shape index (κ2) is 7.90. The van der Waals surface area contributed by atoms with Gasteiger partial charge in [0.1, 0.15) is 5.82 Å². The van der Waals surface area contributed by atoms with Crippen LogP contribution in [0.3, 0.4) is 0 Å². The Labute approximate surface area is 150 Å². The summed E-state index contributed by atoms with van der Waals surface area (Å²) in [5.41, 5.74) is 0. The summed E-state index contributed by atoms with van der Waals surface area (Å²) >= 11 is 3.11. The number of carbonyl (C=O) groups is 1. The largest absolute Gasteiger partial charge is 0.353 e. The van der Waals surface area contributed by atoms with E-state index in [4.69, 9.17) is 0 Å². The van der Waals surface area contributed by atoms with E-state index >= 15 is 0 Å². The van der Waals surface area contributed by atoms with Gasteiger partial charge in [-0.15, -0.1) is 0 Å². The van der Waals surface area contributed by atoms with E-state index in [0.717, 1.165) is 12.1 Å². The molecule has 0 saturated carbocycles. The van der Waals surface area contributed by atoms with Crippen molar-refractivity contribution >= 4 is 31.9 Å². The summed E-state index contributed by atoms with van der Waals surface area (Å²) in [6, 6.07) is 3.61. The van der Waals surface area contributed by atoms with Gasteiger partial charge in [0.15, 0.2) is 0 Å². The number of halogens is 2. The fourth-order valence-electron chi connectivity index (χ4n) is 2.52. The summed E-state index contributed by atoms with van der Waals surface area (Å²) in [5.74, 6) is -0.565. The van der Waals surface area contributed by atoms with E-state index in [9.17, 15) is 17.6 Å². The van der Waals surface area contributed by atoms with E-state index in [2.05, 4.69) is 21.2 Å². The first-order chi connectivity index (χ1) is 11.2. The normalized spacial score (nSPS) is 17.2. The molecule has 134 valence electrons. The van der Waals surface area contributed by atoms with Gasteiger partial charge in [-0.3, -0.25) is 9.69 Å². The van der Waals surface area contributed by atoms with Crippen molar-refractivity contribution in [1.82, 2.24) is 14.5 Å². The standard InChI is InChI=1S/C15H21BrFN3O3S/c1-11(2)18-15(21)10-19-5-7-20(8-6-19)24(22,23)14-4-3-12(17)9-13(14)16/h3-4,9,11H,5-8,10H2,1-2H3,(H,18,21). The molecule has 0 spiro atoms. The first kappa shape index (κ1) is 19.3. The smallest absolute Gasteiger partial charge is 0.244 e. The molecule has 1 amide bonds. The van der Waals surface area contributed by atoms with Crippen molar-refractivity contribution in [2.75, 3.05) is 32.7 Å². The summed E-state index contributed by atoms with van der Waals surface area (Å²) in [5, 5.41) is 2.82. The Bertz CT molecular complexity index is 704. The van der Waals surface area contributed by atoms with Crippen molar-refractivity contribution < 1.29 is 17.6 Å². The summed E-state index contributed by atoms with van der Waals surface area (Å²) in [6.07, 6.45) is 0. The molecule has 1 aromatic rings. The van der Waals surface area contributed by atoms with Crippen molar-refractivity contribution in [2.24, 2.45) is 0 Å². The Morgan fingerprint density at radius 2 is 1.92 bits per heavy atom. The van der Waals surface area contributed by atoms with E-state index in [1.807, 2.05) is 18.7 Å². The highest BCUT2D eigenvalue weighted by Crippen LogP contribution is 2.26. The molecule has 6 nitrogen and oxygen atoms in total. The molecule has 1 fully saturated rings. The van der Waals surface area contributed by atoms with E-state index in [1.165, 1.54) is 10.4 Å². The van der Waals surface area contributed by atoms with E-state index in [1.54, 1.807) is 0 Å². The lowest BCUT2D eigenvalue weighted by molar-refractivity contribution is -0.123. The molecule has 0 aliphatic carbocycles. The zero-order valence-electron chi connectivity index (χ0n) is 13.6. The number of benzene rings is 1. The third kappa shape index (κ3) is 4.75. The lowest BCUT2D eigenvalue weighted by atomic mass is 10.3. The molecule has 1 aliphatic heterocycles. The van der Waals surface area contributed by atoms with Crippen LogP contribution in [0.1, 0.15) is 13.8 Å². The summed E-state index contributed by atoms with van der Waals surface area (Å²) in [6.45, 7) is 5.58. The predicted octanol–water partition coefficient (Wildman–Crippen LogP) is 1.42. The summed E-state index contributed by atoms with van der Waals surface area (Å²) in [4.78, 5) is 13.7. The number of amides is 1. The molecular formula is C15H21BrFN3O3S. The van der Waals surface area contributed by atoms with E-state index < -0.39 is 15.8 Å². The maximum Gasteiger partial charge on any atom is 0.244 e. The molecule has 1 heterocycles. The third-order valence-electron chi connectivity index (χ3n) is 3.66. The van der Waals surface area contributed by atoms with Gasteiger partial charge in [0.2, 0.25) is 15.9 Å². The molecule has 1 N–H and O–H groups in total. The molecule has 2 rings (SSSR count). The van der Waals surface area contributed by atoms with Crippen LogP contribution in [0.25, 0.3) is 0 Å². The van der Waals surface area contributed by atoms with Crippen molar-refractivity contribution in [2.45, 2.75) is 24.8 Å². The van der Waals surface area contributed by atoms with Crippen LogP contribution < -0.4 is 5.32 Å². The second-order valence-corrected chi connectivity index (χ2v) is 8.74. The van der Waals surface area contributed by atoms with Gasteiger partial charge in [0.25, 0.3) is 0 Å². The first-order valence-electron chi connectivity index (χ1n) is 7.67. The van der Waals surface area contributed by atoms with Crippen LogP contribution in [0, 0.1) is 5.82 Å². The lowest BCUT2D eigenvalue weighted by Crippen LogP contribution is -2.51. The second-order valence-electron chi connectivity index (χ2n) is 5.98. The van der Waals surface area contributed by atoms with Gasteiger partial charge in [-0.2, -0.15) is 4.31 Å². The third-order valence-corrected chi connectivity index (χ3v) is 6.54. The summed E-state index contributed by atoms with van der Waals surface area (Å²) < 4.78 is 40.1. The number of nitrogens with one attached hydrogen (secondary N) is 1. The molecule has 0 aromatic heterocycles. The monoisotopic (exact) mass is 421 g/mol. The van der Waals surface area contributed by atoms with Gasteiger partial charge < -0.3 is 5.32 Å². The van der Waals surface area contributed by atoms with Crippen LogP contribution in [0.15, 0.2) is 27.6 Å². The Morgan fingerprint density at radius 3 is 2.46 bits per heavy atom. The maximum atomic E-state index is 13.2. The Morgan fingerprint density at radius 1 is 1.29 bits per heavy atom. The lowest BCUT2D eigenvalue weighted by Gasteiger charge is -2.33. The Hall–Kier alpha value is -1.03. The van der Waals surface area contributed by atoms with Crippen LogP contribution in [0.4, 0.5) is 4.39 Å². The number of nitrogens with zero attached hydrogens (tertiary/aromatic N) is 2. The predicted molar refractivity (Wildman–Crippen MR) is 92.6 cm³/mol. The zero-order chi connectivity index (χ0) is 17.9. The quantitative estimate of drug-likeness (QED) is 0.780. The van der Waals surface area contributed by atoms with Crippen LogP contribution >= 0.6 is 15.9 Å². The molecule has 0 bridgehead atoms. The molecule has 0 unspecified atom stereocenters. The van der Waals surface area contributed by atoms with Crippen LogP contribution in [-0.4, -0.2) is 62.3 Å². The zero-order valence-corrected chi connectivity index (χ0v) is 16.0. The Balaban J connectivity index is 1.99. The van der Waals surface area contributed by atoms with Gasteiger partial charge in [-0.25, -0.2) is 12.8 Å². The highest BCUT2D eigenvalue weighted by molar-refractivity contribution is 9.10. The minimum absolute atomic E-state index is 0.0508. The summed E-state index contributed by atoms with van der Waals surface area (Å²) in [7, 11) is -3.69. The van der Waals surface area contributed by atoms with Crippen molar-refractivity contribution in [3.05, 3.63) is 28.5 Å². The number of rotatable bonds is 5. The minimum atomic E-state index is -3.69. The molecule has 24 heavy (non-hydrogen) atoms. The molecule has 1 aromatic carbocycles. The SMILES string of the molecule is CC(C)NC(=O)CN1CCN(S(=O)(=O)c2ccc(F)cc2Br)CC1. The van der Waals surface area contributed by atoms with Crippen LogP contribution in [-0.2, 0) is 14.8 Å². The van der Waals surface area contributed by atoms with Gasteiger partial charge in [-0.05, 0) is 48.0 Å². The van der Waals surface area contributed by atoms with Crippen molar-refractivity contribution in [3.8, 4) is 0 Å². The fourth-order valence-corrected chi connectivity index (χ4v) is 4.95. The van der Waals surface area contributed by atoms with Crippen LogP contribution in [0.2, 0.25) is 0 Å². The highest BCUT2D eigenvalue weighted by atomic mass is 79.9. The van der Waals surface area contributed by atoms with Crippen molar-refractivity contribution in [1.29, 1.82) is 0 Å². The molecular weight excluding hydrogens is 401 g/mol. The fraction of sp³-hybridized carbons (Fsp3) is 0.533. The minimum Gasteiger partial charge on any atom is -0.353 e. The highest BCUT2D eigenvalue weighted by Gasteiger charge is 2.30. The van der Waals surface area contributed by atoms with E-state index in [0.29, 0.717) is 26.2 Å². The van der Waals surface area contributed by atoms with Gasteiger partial charge in [-0.1, -0.05) is 0 Å². The van der Waals surface area contributed by atoms with Crippen molar-refractivity contribution in [3.63, 3.8) is 0 Å². The first-order valence-corrected chi connectivity index (χ1v) is 9.90. The van der Waals surface area contributed by atoms with Gasteiger partial charge >= 0.3 is 0 Å². The number of piperazine rings is 1. The van der Waals surface area contributed by atoms with E-state index in [-0.39, 0.29) is 27.9 Å².